The lowest BCUT2D eigenvalue weighted by molar-refractivity contribution is 0.111. The van der Waals surface area contributed by atoms with Gasteiger partial charge in [0.1, 0.15) is 19.0 Å². The van der Waals surface area contributed by atoms with Gasteiger partial charge in [-0.05, 0) is 161 Å². The number of piperidine rings is 1. The van der Waals surface area contributed by atoms with Crippen LogP contribution in [0, 0.1) is 34.6 Å². The summed E-state index contributed by atoms with van der Waals surface area (Å²) in [5, 5.41) is 0.752. The number of aromatic nitrogens is 8. The molecule has 1 N–H and O–H groups in total. The molecule has 0 amide bonds. The first-order valence-corrected chi connectivity index (χ1v) is 37.9. The van der Waals surface area contributed by atoms with Crippen molar-refractivity contribution in [2.45, 2.75) is 245 Å². The fourth-order valence-corrected chi connectivity index (χ4v) is 11.7. The first-order valence-electron chi connectivity index (χ1n) is 37.6. The lowest BCUT2D eigenvalue weighted by Crippen LogP contribution is -2.33. The van der Waals surface area contributed by atoms with Crippen molar-refractivity contribution in [1.29, 1.82) is 0 Å². The minimum atomic E-state index is -0.241. The maximum atomic E-state index is 11.3. The lowest BCUT2D eigenvalue weighted by Gasteiger charge is -2.26. The summed E-state index contributed by atoms with van der Waals surface area (Å²) in [5.74, 6) is 2.00. The first kappa shape index (κ1) is 101. The van der Waals surface area contributed by atoms with Gasteiger partial charge in [-0.1, -0.05) is 183 Å². The summed E-state index contributed by atoms with van der Waals surface area (Å²) in [6, 6.07) is 14.8. The summed E-state index contributed by atoms with van der Waals surface area (Å²) >= 11 is 5.96. The van der Waals surface area contributed by atoms with Gasteiger partial charge in [0.25, 0.3) is 0 Å². The Bertz CT molecular complexity index is 4290. The number of aromatic amines is 1. The zero-order valence-corrected chi connectivity index (χ0v) is 72.8. The second-order valence-corrected chi connectivity index (χ2v) is 34.6. The van der Waals surface area contributed by atoms with E-state index in [1.807, 2.05) is 102 Å². The van der Waals surface area contributed by atoms with Gasteiger partial charge in [0.05, 0.1) is 37.6 Å². The van der Waals surface area contributed by atoms with Crippen LogP contribution in [0.25, 0.3) is 0 Å². The molecule has 8 aromatic heterocycles. The van der Waals surface area contributed by atoms with Crippen LogP contribution in [0.15, 0.2) is 109 Å². The SMILES string of the molecule is C.CC(C)(C)c1c[nH]c(=O)cc1C=O.CC(C)(C)c1cnc(OCCN2CCCCC2)cc1C=O.COCCOc1cc(C=O)c(C)cn1.COc1cc(C=O)c(C(C)(C)C)cn1.COc1cncc(C(C)(C)C)c1C=O.Cc1c(Cl)cncc1C(C)(C)C.Cc1ccc(C(C)(C)C)c(C)n1.Cc1ncccc1C(C)(C)C. The first-order chi connectivity index (χ1) is 51.6. The number of aldehydes is 5. The van der Waals surface area contributed by atoms with Crippen molar-refractivity contribution < 1.29 is 47.7 Å². The highest BCUT2D eigenvalue weighted by Gasteiger charge is 2.25. The number of H-pyrrole nitrogens is 1. The quantitative estimate of drug-likeness (QED) is 0.0739. The number of carbonyl (C=O) groups is 5. The molecule has 0 aromatic carbocycles. The number of pyridine rings is 8. The number of rotatable bonds is 15. The number of aryl methyl sites for hydroxylation is 4. The topological polar surface area (TPSA) is 258 Å². The fraction of sp³-hybridized carbons (Fsp3) is 0.505. The number of nitrogens with one attached hydrogen (secondary N) is 1. The fourth-order valence-electron chi connectivity index (χ4n) is 11.5. The molecule has 0 unspecified atom stereocenters. The number of hydrogen-bond acceptors (Lipinski definition) is 19. The van der Waals surface area contributed by atoms with Crippen LogP contribution in [0.5, 0.6) is 23.4 Å². The maximum absolute atomic E-state index is 11.3. The standard InChI is InChI=1S/C17H26N2O2.2C11H15NO2.C11H17N.C10H14ClN.C10H13NO3.C10H13NO2.C10H15N.CH4/c1-17(2,3)15-12-18-16(11-14(15)13-20)21-10-9-19-7-5-4-6-8-19;1-11(2,3)9-5-12-6-10(14-4)8(9)7-13;1-11(2,3)9-6-12-10(14-4)5-8(9)7-13;1-8-6-7-10(9(2)12-8)11(3,4)5;1-7-8(10(2,3)4)5-12-6-9(7)11;1-8-6-11-10(5-9(8)7-12)14-4-3-13-2;1-10(2,3)8-5-11-9(13)4-7(8)6-12;1-8-9(10(2,3)4)6-5-7-11-8;/h11-13H,4-10H2,1-3H3;2*5-7H,1-4H3;6-7H,1-5H3;5-6H,1-4H3;5-7H,3-4H2,1-2H3;4-6H,1-3H3,(H,11,13);5-7H,1-4H3;1H4. The maximum Gasteiger partial charge on any atom is 0.248 e. The average Bonchev–Trinajstić information content (AvgIpc) is 0.848. The third kappa shape index (κ3) is 34.8. The van der Waals surface area contributed by atoms with Crippen molar-refractivity contribution in [2.75, 3.05) is 60.8 Å². The molecule has 112 heavy (non-hydrogen) atoms. The molecule has 0 atom stereocenters. The molecule has 0 saturated carbocycles. The molecular formula is C91H132ClN9O11. The van der Waals surface area contributed by atoms with Crippen molar-refractivity contribution in [3.8, 4) is 23.4 Å². The number of ether oxygens (including phenoxy) is 5. The third-order valence-corrected chi connectivity index (χ3v) is 18.0. The molecule has 0 aliphatic carbocycles. The van der Waals surface area contributed by atoms with Crippen LogP contribution in [0.4, 0.5) is 0 Å². The summed E-state index contributed by atoms with van der Waals surface area (Å²) in [4.78, 5) is 99.5. The third-order valence-electron chi connectivity index (χ3n) is 17.6. The zero-order chi connectivity index (χ0) is 84.5. The number of methoxy groups -OCH3 is 3. The highest BCUT2D eigenvalue weighted by atomic mass is 35.5. The van der Waals surface area contributed by atoms with E-state index in [4.69, 9.17) is 35.3 Å². The molecule has 20 nitrogen and oxygen atoms in total. The molecule has 0 bridgehead atoms. The number of hydrogen-bond donors (Lipinski definition) is 1. The number of halogens is 1. The van der Waals surface area contributed by atoms with Crippen molar-refractivity contribution in [2.24, 2.45) is 0 Å². The highest BCUT2D eigenvalue weighted by molar-refractivity contribution is 6.31. The summed E-state index contributed by atoms with van der Waals surface area (Å²) in [6.45, 7) is 59.1. The predicted octanol–water partition coefficient (Wildman–Crippen LogP) is 19.8. The van der Waals surface area contributed by atoms with E-state index in [-0.39, 0.29) is 50.9 Å². The molecule has 1 aliphatic heterocycles. The van der Waals surface area contributed by atoms with Crippen LogP contribution in [-0.2, 0) is 42.6 Å². The molecule has 9 rings (SSSR count). The summed E-state index contributed by atoms with van der Waals surface area (Å²) < 4.78 is 25.8. The summed E-state index contributed by atoms with van der Waals surface area (Å²) in [6.07, 6.45) is 23.3. The van der Waals surface area contributed by atoms with Gasteiger partial charge in [-0.15, -0.1) is 0 Å². The molecule has 614 valence electrons. The molecule has 9 heterocycles. The Morgan fingerprint density at radius 3 is 1.36 bits per heavy atom. The lowest BCUT2D eigenvalue weighted by atomic mass is 9.85. The molecule has 1 fully saturated rings. The molecular weight excluding hydrogens is 1430 g/mol. The molecule has 21 heteroatoms. The Hall–Kier alpha value is -9.24. The molecule has 1 saturated heterocycles. The van der Waals surface area contributed by atoms with Crippen LogP contribution < -0.4 is 24.5 Å². The van der Waals surface area contributed by atoms with Crippen molar-refractivity contribution >= 4 is 43.0 Å². The van der Waals surface area contributed by atoms with Gasteiger partial charge >= 0.3 is 0 Å². The Kier molecular flexibility index (Phi) is 42.0. The molecule has 8 aromatic rings. The van der Waals surface area contributed by atoms with E-state index in [1.165, 1.54) is 69.3 Å². The molecule has 0 radical (unpaired) electrons. The van der Waals surface area contributed by atoms with Gasteiger partial charge < -0.3 is 28.7 Å². The van der Waals surface area contributed by atoms with Gasteiger partial charge in [-0.3, -0.25) is 53.6 Å². The normalized spacial score (nSPS) is 12.1. The zero-order valence-electron chi connectivity index (χ0n) is 72.0. The van der Waals surface area contributed by atoms with Crippen LogP contribution in [0.3, 0.4) is 0 Å². The number of likely N-dealkylation sites (tertiary alicyclic amines) is 1. The van der Waals surface area contributed by atoms with E-state index in [1.54, 1.807) is 68.7 Å². The monoisotopic (exact) mass is 1560 g/mol. The van der Waals surface area contributed by atoms with Crippen LogP contribution in [0.2, 0.25) is 5.02 Å². The van der Waals surface area contributed by atoms with E-state index < -0.39 is 0 Å². The summed E-state index contributed by atoms with van der Waals surface area (Å²) in [5.41, 5.74) is 15.9. The Balaban J connectivity index is 0.000000644. The Labute approximate surface area is 675 Å². The second-order valence-electron chi connectivity index (χ2n) is 34.2. The second kappa shape index (κ2) is 46.7. The van der Waals surface area contributed by atoms with Crippen molar-refractivity contribution in [1.82, 2.24) is 44.8 Å². The summed E-state index contributed by atoms with van der Waals surface area (Å²) in [7, 11) is 4.67. The van der Waals surface area contributed by atoms with E-state index in [0.717, 1.165) is 93.5 Å². The van der Waals surface area contributed by atoms with Gasteiger partial charge in [0.2, 0.25) is 23.2 Å². The van der Waals surface area contributed by atoms with Crippen molar-refractivity contribution in [3.63, 3.8) is 0 Å². The number of carbonyl (C=O) groups excluding carboxylic acids is 5. The average molecular weight is 1560 g/mol. The predicted molar refractivity (Wildman–Crippen MR) is 456 cm³/mol. The van der Waals surface area contributed by atoms with Crippen LogP contribution >= 0.6 is 11.6 Å². The van der Waals surface area contributed by atoms with Gasteiger partial charge in [-0.25, -0.2) is 15.0 Å². The van der Waals surface area contributed by atoms with E-state index >= 15 is 0 Å². The molecule has 1 aliphatic rings. The molecule has 0 spiro atoms. The minimum absolute atomic E-state index is 0. The Morgan fingerprint density at radius 1 is 0.455 bits per heavy atom. The number of nitrogens with zero attached hydrogens (tertiary/aromatic N) is 8. The Morgan fingerprint density at radius 2 is 0.911 bits per heavy atom. The van der Waals surface area contributed by atoms with Gasteiger partial charge in [0, 0.05) is 127 Å². The highest BCUT2D eigenvalue weighted by Crippen LogP contribution is 2.33. The van der Waals surface area contributed by atoms with E-state index in [9.17, 15) is 28.8 Å². The smallest absolute Gasteiger partial charge is 0.248 e. The van der Waals surface area contributed by atoms with E-state index in [0.29, 0.717) is 71.0 Å². The van der Waals surface area contributed by atoms with E-state index in [2.05, 4.69) is 160 Å². The van der Waals surface area contributed by atoms with Crippen LogP contribution in [-0.4, -0.2) is 137 Å². The van der Waals surface area contributed by atoms with Gasteiger partial charge in [-0.2, -0.15) is 0 Å². The van der Waals surface area contributed by atoms with Crippen LogP contribution in [0.1, 0.15) is 291 Å². The van der Waals surface area contributed by atoms with Crippen molar-refractivity contribution in [3.05, 3.63) is 215 Å². The minimum Gasteiger partial charge on any atom is -0.494 e. The van der Waals surface area contributed by atoms with Gasteiger partial charge in [0.15, 0.2) is 31.4 Å². The largest absolute Gasteiger partial charge is 0.494 e.